The number of pyridine rings is 1. The normalized spacial score (nSPS) is 10.8. The molecule has 3 aromatic rings. The summed E-state index contributed by atoms with van der Waals surface area (Å²) in [5.74, 6) is 2.10. The van der Waals surface area contributed by atoms with Crippen LogP contribution in [0.4, 0.5) is 0 Å². The molecular formula is C22H25NO4. The molecular weight excluding hydrogens is 342 g/mol. The van der Waals surface area contributed by atoms with Crippen LogP contribution >= 0.6 is 0 Å². The van der Waals surface area contributed by atoms with E-state index in [1.54, 1.807) is 12.3 Å². The van der Waals surface area contributed by atoms with E-state index in [0.717, 1.165) is 33.5 Å². The summed E-state index contributed by atoms with van der Waals surface area (Å²) in [4.78, 5) is 4.56. The zero-order chi connectivity index (χ0) is 19.2. The minimum Gasteiger partial charge on any atom is -0.504 e. The van der Waals surface area contributed by atoms with Crippen LogP contribution in [-0.2, 0) is 6.42 Å². The lowest BCUT2D eigenvalue weighted by atomic mass is 10.0. The smallest absolute Gasteiger partial charge is 0.161 e. The van der Waals surface area contributed by atoms with E-state index in [1.807, 2.05) is 51.1 Å². The number of rotatable bonds is 8. The lowest BCUT2D eigenvalue weighted by Gasteiger charge is -2.13. The molecule has 0 aliphatic heterocycles. The van der Waals surface area contributed by atoms with Gasteiger partial charge in [0.15, 0.2) is 23.0 Å². The van der Waals surface area contributed by atoms with Gasteiger partial charge in [0.1, 0.15) is 0 Å². The van der Waals surface area contributed by atoms with Gasteiger partial charge in [-0.1, -0.05) is 6.07 Å². The van der Waals surface area contributed by atoms with Crippen LogP contribution in [0, 0.1) is 0 Å². The van der Waals surface area contributed by atoms with Gasteiger partial charge in [-0.2, -0.15) is 0 Å². The number of fused-ring (bicyclic) bond motifs is 1. The second-order valence-corrected chi connectivity index (χ2v) is 6.06. The van der Waals surface area contributed by atoms with E-state index >= 15 is 0 Å². The molecule has 0 unspecified atom stereocenters. The first kappa shape index (κ1) is 18.8. The van der Waals surface area contributed by atoms with Crippen molar-refractivity contribution in [1.29, 1.82) is 0 Å². The molecule has 0 fully saturated rings. The number of phenolic OH excluding ortho intramolecular Hbond substituents is 1. The Hall–Kier alpha value is -2.95. The zero-order valence-corrected chi connectivity index (χ0v) is 16.0. The molecule has 0 saturated heterocycles. The van der Waals surface area contributed by atoms with Crippen molar-refractivity contribution in [3.8, 4) is 23.0 Å². The third-order valence-electron chi connectivity index (χ3n) is 4.21. The van der Waals surface area contributed by atoms with E-state index in [2.05, 4.69) is 4.98 Å². The molecule has 1 aromatic heterocycles. The third kappa shape index (κ3) is 4.25. The molecule has 0 spiro atoms. The molecule has 0 aliphatic rings. The minimum absolute atomic E-state index is 0.140. The molecule has 2 aromatic carbocycles. The largest absolute Gasteiger partial charge is 0.504 e. The summed E-state index contributed by atoms with van der Waals surface area (Å²) >= 11 is 0. The Balaban J connectivity index is 1.98. The number of nitrogens with zero attached hydrogens (tertiary/aromatic N) is 1. The lowest BCUT2D eigenvalue weighted by molar-refractivity contribution is 0.287. The van der Waals surface area contributed by atoms with Crippen LogP contribution in [0.5, 0.6) is 23.0 Å². The van der Waals surface area contributed by atoms with E-state index in [0.29, 0.717) is 32.0 Å². The number of aromatic nitrogens is 1. The number of hydrogen-bond donors (Lipinski definition) is 1. The van der Waals surface area contributed by atoms with E-state index in [4.69, 9.17) is 14.2 Å². The Morgan fingerprint density at radius 1 is 0.815 bits per heavy atom. The van der Waals surface area contributed by atoms with Crippen molar-refractivity contribution in [2.45, 2.75) is 27.2 Å². The van der Waals surface area contributed by atoms with Crippen molar-refractivity contribution in [3.05, 3.63) is 53.9 Å². The van der Waals surface area contributed by atoms with Gasteiger partial charge in [0.05, 0.1) is 25.5 Å². The van der Waals surface area contributed by atoms with E-state index < -0.39 is 0 Å². The summed E-state index contributed by atoms with van der Waals surface area (Å²) in [6, 6.07) is 11.4. The molecule has 3 rings (SSSR count). The molecule has 5 heteroatoms. The lowest BCUT2D eigenvalue weighted by Crippen LogP contribution is -2.00. The van der Waals surface area contributed by atoms with Crippen LogP contribution in [0.15, 0.2) is 42.6 Å². The zero-order valence-electron chi connectivity index (χ0n) is 16.0. The monoisotopic (exact) mass is 367 g/mol. The van der Waals surface area contributed by atoms with Crippen LogP contribution in [0.1, 0.15) is 32.0 Å². The van der Waals surface area contributed by atoms with Gasteiger partial charge in [0, 0.05) is 18.0 Å². The summed E-state index contributed by atoms with van der Waals surface area (Å²) in [6.45, 7) is 7.46. The van der Waals surface area contributed by atoms with Crippen molar-refractivity contribution in [2.24, 2.45) is 0 Å². The van der Waals surface area contributed by atoms with Gasteiger partial charge in [-0.15, -0.1) is 0 Å². The van der Waals surface area contributed by atoms with Gasteiger partial charge < -0.3 is 19.3 Å². The Morgan fingerprint density at radius 3 is 2.26 bits per heavy atom. The molecule has 1 heterocycles. The molecule has 0 amide bonds. The van der Waals surface area contributed by atoms with Crippen LogP contribution in [0.2, 0.25) is 0 Å². The summed E-state index contributed by atoms with van der Waals surface area (Å²) < 4.78 is 16.9. The summed E-state index contributed by atoms with van der Waals surface area (Å²) in [5.41, 5.74) is 1.99. The molecule has 142 valence electrons. The van der Waals surface area contributed by atoms with Crippen molar-refractivity contribution < 1.29 is 19.3 Å². The molecule has 0 radical (unpaired) electrons. The fourth-order valence-corrected chi connectivity index (χ4v) is 3.06. The van der Waals surface area contributed by atoms with Crippen molar-refractivity contribution in [1.82, 2.24) is 4.98 Å². The highest BCUT2D eigenvalue weighted by Gasteiger charge is 2.12. The average molecular weight is 367 g/mol. The van der Waals surface area contributed by atoms with Gasteiger partial charge in [-0.3, -0.25) is 4.98 Å². The highest BCUT2D eigenvalue weighted by atomic mass is 16.5. The van der Waals surface area contributed by atoms with Gasteiger partial charge in [0.25, 0.3) is 0 Å². The Kier molecular flexibility index (Phi) is 6.01. The van der Waals surface area contributed by atoms with Gasteiger partial charge in [-0.25, -0.2) is 0 Å². The predicted octanol–water partition coefficient (Wildman–Crippen LogP) is 4.73. The quantitative estimate of drug-likeness (QED) is 0.624. The van der Waals surface area contributed by atoms with Crippen LogP contribution in [0.3, 0.4) is 0 Å². The van der Waals surface area contributed by atoms with Gasteiger partial charge >= 0.3 is 0 Å². The van der Waals surface area contributed by atoms with Crippen LogP contribution in [-0.4, -0.2) is 29.9 Å². The molecule has 0 bridgehead atoms. The first-order chi connectivity index (χ1) is 13.2. The molecule has 0 saturated carbocycles. The molecule has 0 atom stereocenters. The maximum atomic E-state index is 10.1. The predicted molar refractivity (Wildman–Crippen MR) is 106 cm³/mol. The van der Waals surface area contributed by atoms with E-state index in [1.165, 1.54) is 0 Å². The summed E-state index contributed by atoms with van der Waals surface area (Å²) in [6.07, 6.45) is 2.40. The number of phenols is 1. The minimum atomic E-state index is 0.140. The summed E-state index contributed by atoms with van der Waals surface area (Å²) in [7, 11) is 0. The standard InChI is InChI=1S/C22H25NO4/c1-4-25-20-8-7-15(12-22(20)27-6-3)11-18-17-14-21(26-5-2)19(24)13-16(17)9-10-23-18/h7-10,12-14,24H,4-6,11H2,1-3H3. The molecule has 0 aliphatic carbocycles. The number of benzene rings is 2. The van der Waals surface area contributed by atoms with E-state index in [9.17, 15) is 5.11 Å². The maximum absolute atomic E-state index is 10.1. The Labute approximate surface area is 159 Å². The second kappa shape index (κ2) is 8.62. The maximum Gasteiger partial charge on any atom is 0.161 e. The third-order valence-corrected chi connectivity index (χ3v) is 4.21. The highest BCUT2D eigenvalue weighted by Crippen LogP contribution is 2.34. The van der Waals surface area contributed by atoms with Gasteiger partial charge in [0.2, 0.25) is 0 Å². The molecule has 1 N–H and O–H groups in total. The SMILES string of the molecule is CCOc1cc2c(Cc3ccc(OCC)c(OCC)c3)nccc2cc1O. The topological polar surface area (TPSA) is 60.8 Å². The number of ether oxygens (including phenoxy) is 3. The van der Waals surface area contributed by atoms with Crippen molar-refractivity contribution >= 4 is 10.8 Å². The van der Waals surface area contributed by atoms with Crippen molar-refractivity contribution in [3.63, 3.8) is 0 Å². The Bertz CT molecular complexity index is 924. The van der Waals surface area contributed by atoms with E-state index in [-0.39, 0.29) is 5.75 Å². The number of hydrogen-bond acceptors (Lipinski definition) is 5. The summed E-state index contributed by atoms with van der Waals surface area (Å²) in [5, 5.41) is 12.0. The molecule has 27 heavy (non-hydrogen) atoms. The second-order valence-electron chi connectivity index (χ2n) is 6.06. The number of aromatic hydroxyl groups is 1. The molecule has 5 nitrogen and oxygen atoms in total. The Morgan fingerprint density at radius 2 is 1.52 bits per heavy atom. The first-order valence-corrected chi connectivity index (χ1v) is 9.28. The van der Waals surface area contributed by atoms with Crippen molar-refractivity contribution in [2.75, 3.05) is 19.8 Å². The van der Waals surface area contributed by atoms with Gasteiger partial charge in [-0.05, 0) is 62.1 Å². The van der Waals surface area contributed by atoms with Crippen LogP contribution in [0.25, 0.3) is 10.8 Å². The van der Waals surface area contributed by atoms with Crippen LogP contribution < -0.4 is 14.2 Å². The first-order valence-electron chi connectivity index (χ1n) is 9.28. The fourth-order valence-electron chi connectivity index (χ4n) is 3.06. The fraction of sp³-hybridized carbons (Fsp3) is 0.318. The highest BCUT2D eigenvalue weighted by molar-refractivity contribution is 5.88. The average Bonchev–Trinajstić information content (AvgIpc) is 2.65.